The van der Waals surface area contributed by atoms with Crippen molar-refractivity contribution in [1.29, 1.82) is 0 Å². The largest absolute Gasteiger partial charge is 0.422 e. The van der Waals surface area contributed by atoms with Crippen molar-refractivity contribution in [2.75, 3.05) is 11.9 Å². The molecule has 0 spiro atoms. The molecule has 2 heterocycles. The molecule has 0 atom stereocenters. The highest BCUT2D eigenvalue weighted by Gasteiger charge is 2.11. The highest BCUT2D eigenvalue weighted by atomic mass is 32.1. The molecule has 1 N–H and O–H groups in total. The van der Waals surface area contributed by atoms with Gasteiger partial charge >= 0.3 is 5.63 Å². The van der Waals surface area contributed by atoms with Crippen LogP contribution in [-0.4, -0.2) is 11.5 Å². The van der Waals surface area contributed by atoms with Gasteiger partial charge in [-0.2, -0.15) is 0 Å². The van der Waals surface area contributed by atoms with Crippen molar-refractivity contribution >= 4 is 27.4 Å². The van der Waals surface area contributed by atoms with E-state index in [0.29, 0.717) is 23.4 Å². The number of benzene rings is 1. The highest BCUT2D eigenvalue weighted by molar-refractivity contribution is 7.14. The normalized spacial score (nSPS) is 10.6. The first kappa shape index (κ1) is 12.6. The van der Waals surface area contributed by atoms with Crippen molar-refractivity contribution in [3.05, 3.63) is 58.8 Å². The van der Waals surface area contributed by atoms with Crippen molar-refractivity contribution in [3.8, 4) is 11.3 Å². The van der Waals surface area contributed by atoms with Gasteiger partial charge in [-0.25, -0.2) is 9.78 Å². The lowest BCUT2D eigenvalue weighted by Crippen LogP contribution is -2.03. The first-order valence-electron chi connectivity index (χ1n) is 6.11. The van der Waals surface area contributed by atoms with Crippen molar-refractivity contribution in [1.82, 2.24) is 4.98 Å². The fraction of sp³-hybridized carbons (Fsp3) is 0.0667. The number of nitrogens with one attached hydrogen (secondary N) is 1. The Morgan fingerprint density at radius 3 is 3.10 bits per heavy atom. The number of aromatic nitrogens is 1. The SMILES string of the molecule is C=CCNc1nc(-c2cc3ccccc3oc2=O)cs1. The Balaban J connectivity index is 2.05. The van der Waals surface area contributed by atoms with E-state index in [1.807, 2.05) is 29.6 Å². The average Bonchev–Trinajstić information content (AvgIpc) is 2.93. The van der Waals surface area contributed by atoms with Crippen LogP contribution in [0.5, 0.6) is 0 Å². The van der Waals surface area contributed by atoms with Crippen molar-refractivity contribution in [2.45, 2.75) is 0 Å². The minimum absolute atomic E-state index is 0.371. The van der Waals surface area contributed by atoms with Crippen LogP contribution in [0.15, 0.2) is 57.6 Å². The Morgan fingerprint density at radius 1 is 1.40 bits per heavy atom. The van der Waals surface area contributed by atoms with E-state index in [1.165, 1.54) is 11.3 Å². The van der Waals surface area contributed by atoms with Gasteiger partial charge < -0.3 is 9.73 Å². The second-order valence-corrected chi connectivity index (χ2v) is 5.05. The maximum Gasteiger partial charge on any atom is 0.345 e. The van der Waals surface area contributed by atoms with Gasteiger partial charge in [-0.05, 0) is 12.1 Å². The van der Waals surface area contributed by atoms with Gasteiger partial charge in [-0.3, -0.25) is 0 Å². The summed E-state index contributed by atoms with van der Waals surface area (Å²) in [6.45, 7) is 4.28. The number of rotatable bonds is 4. The fourth-order valence-corrected chi connectivity index (χ4v) is 2.60. The van der Waals surface area contributed by atoms with E-state index in [4.69, 9.17) is 4.42 Å². The number of fused-ring (bicyclic) bond motifs is 1. The van der Waals surface area contributed by atoms with Crippen molar-refractivity contribution in [3.63, 3.8) is 0 Å². The third-order valence-corrected chi connectivity index (χ3v) is 3.62. The summed E-state index contributed by atoms with van der Waals surface area (Å²) >= 11 is 1.45. The van der Waals surface area contributed by atoms with E-state index < -0.39 is 0 Å². The van der Waals surface area contributed by atoms with E-state index in [9.17, 15) is 4.79 Å². The van der Waals surface area contributed by atoms with E-state index in [-0.39, 0.29) is 5.63 Å². The van der Waals surface area contributed by atoms with Crippen LogP contribution in [0.4, 0.5) is 5.13 Å². The number of para-hydroxylation sites is 1. The Morgan fingerprint density at radius 2 is 2.25 bits per heavy atom. The molecular weight excluding hydrogens is 272 g/mol. The second-order valence-electron chi connectivity index (χ2n) is 4.19. The number of hydrogen-bond acceptors (Lipinski definition) is 5. The molecule has 3 aromatic rings. The first-order chi connectivity index (χ1) is 9.78. The topological polar surface area (TPSA) is 55.1 Å². The Labute approximate surface area is 119 Å². The lowest BCUT2D eigenvalue weighted by atomic mass is 10.1. The number of thiazole rings is 1. The molecule has 3 rings (SSSR count). The van der Waals surface area contributed by atoms with Gasteiger partial charge in [0.1, 0.15) is 5.58 Å². The van der Waals surface area contributed by atoms with Crippen LogP contribution in [0.25, 0.3) is 22.2 Å². The van der Waals surface area contributed by atoms with Crippen LogP contribution in [0, 0.1) is 0 Å². The zero-order chi connectivity index (χ0) is 13.9. The maximum atomic E-state index is 12.0. The quantitative estimate of drug-likeness (QED) is 0.588. The minimum atomic E-state index is -0.371. The summed E-state index contributed by atoms with van der Waals surface area (Å²) in [6.07, 6.45) is 1.76. The van der Waals surface area contributed by atoms with Crippen LogP contribution in [0.1, 0.15) is 0 Å². The molecule has 0 aliphatic carbocycles. The Bertz CT molecular complexity index is 820. The summed E-state index contributed by atoms with van der Waals surface area (Å²) in [7, 11) is 0. The van der Waals surface area contributed by atoms with E-state index >= 15 is 0 Å². The van der Waals surface area contributed by atoms with Crippen molar-refractivity contribution in [2.24, 2.45) is 0 Å². The first-order valence-corrected chi connectivity index (χ1v) is 6.99. The van der Waals surface area contributed by atoms with E-state index in [0.717, 1.165) is 10.5 Å². The number of hydrogen-bond donors (Lipinski definition) is 1. The summed E-state index contributed by atoms with van der Waals surface area (Å²) in [6, 6.07) is 9.24. The molecule has 0 unspecified atom stereocenters. The van der Waals surface area contributed by atoms with Gasteiger partial charge in [-0.15, -0.1) is 17.9 Å². The van der Waals surface area contributed by atoms with Crippen molar-refractivity contribution < 1.29 is 4.42 Å². The Kier molecular flexibility index (Phi) is 3.35. The van der Waals surface area contributed by atoms with Gasteiger partial charge in [0.15, 0.2) is 5.13 Å². The minimum Gasteiger partial charge on any atom is -0.422 e. The molecule has 0 radical (unpaired) electrons. The molecule has 1 aromatic carbocycles. The molecule has 0 fully saturated rings. The molecule has 0 saturated heterocycles. The molecule has 0 aliphatic rings. The third kappa shape index (κ3) is 2.35. The van der Waals surface area contributed by atoms with Gasteiger partial charge in [0.2, 0.25) is 0 Å². The highest BCUT2D eigenvalue weighted by Crippen LogP contribution is 2.25. The molecule has 0 bridgehead atoms. The number of nitrogens with zero attached hydrogens (tertiary/aromatic N) is 1. The predicted octanol–water partition coefficient (Wildman–Crippen LogP) is 3.51. The molecule has 0 amide bonds. The zero-order valence-corrected chi connectivity index (χ0v) is 11.4. The summed E-state index contributed by atoms with van der Waals surface area (Å²) < 4.78 is 5.31. The molecular formula is C15H12N2O2S. The average molecular weight is 284 g/mol. The lowest BCUT2D eigenvalue weighted by Gasteiger charge is -1.99. The molecule has 0 aliphatic heterocycles. The maximum absolute atomic E-state index is 12.0. The molecule has 5 heteroatoms. The lowest BCUT2D eigenvalue weighted by molar-refractivity contribution is 0.563. The Hall–Kier alpha value is -2.40. The summed E-state index contributed by atoms with van der Waals surface area (Å²) in [4.78, 5) is 16.4. The van der Waals surface area contributed by atoms with E-state index in [1.54, 1.807) is 12.1 Å². The van der Waals surface area contributed by atoms with Crippen LogP contribution in [0.3, 0.4) is 0 Å². The molecule has 100 valence electrons. The zero-order valence-electron chi connectivity index (χ0n) is 10.6. The van der Waals surface area contributed by atoms with Crippen LogP contribution in [0.2, 0.25) is 0 Å². The fourth-order valence-electron chi connectivity index (χ4n) is 1.88. The van der Waals surface area contributed by atoms with Gasteiger partial charge in [0, 0.05) is 17.3 Å². The van der Waals surface area contributed by atoms with Crippen LogP contribution in [-0.2, 0) is 0 Å². The second kappa shape index (κ2) is 5.30. The van der Waals surface area contributed by atoms with E-state index in [2.05, 4.69) is 16.9 Å². The predicted molar refractivity (Wildman–Crippen MR) is 82.3 cm³/mol. The van der Waals surface area contributed by atoms with Crippen LogP contribution < -0.4 is 10.9 Å². The standard InChI is InChI=1S/C15H12N2O2S/c1-2-7-16-15-17-12(9-20-15)11-8-10-5-3-4-6-13(10)19-14(11)18/h2-6,8-9H,1,7H2,(H,16,17). The third-order valence-electron chi connectivity index (χ3n) is 2.82. The molecule has 0 saturated carbocycles. The smallest absolute Gasteiger partial charge is 0.345 e. The summed E-state index contributed by atoms with van der Waals surface area (Å²) in [5.74, 6) is 0. The van der Waals surface area contributed by atoms with Gasteiger partial charge in [0.25, 0.3) is 0 Å². The number of anilines is 1. The van der Waals surface area contributed by atoms with Gasteiger partial charge in [-0.1, -0.05) is 24.3 Å². The molecule has 2 aromatic heterocycles. The molecule has 4 nitrogen and oxygen atoms in total. The molecule has 20 heavy (non-hydrogen) atoms. The summed E-state index contributed by atoms with van der Waals surface area (Å²) in [5.41, 5.74) is 1.32. The summed E-state index contributed by atoms with van der Waals surface area (Å²) in [5, 5.41) is 6.58. The monoisotopic (exact) mass is 284 g/mol. The van der Waals surface area contributed by atoms with Crippen LogP contribution >= 0.6 is 11.3 Å². The van der Waals surface area contributed by atoms with Gasteiger partial charge in [0.05, 0.1) is 11.3 Å².